The van der Waals surface area contributed by atoms with Crippen LogP contribution in [-0.2, 0) is 13.1 Å². The molecule has 0 spiro atoms. The summed E-state index contributed by atoms with van der Waals surface area (Å²) in [7, 11) is 0. The number of hydrogen-bond acceptors (Lipinski definition) is 3. The Morgan fingerprint density at radius 3 is 1.79 bits per heavy atom. The maximum atomic E-state index is 12.8. The lowest BCUT2D eigenvalue weighted by Crippen LogP contribution is -2.61. The molecule has 0 saturated heterocycles. The van der Waals surface area contributed by atoms with E-state index >= 15 is 0 Å². The Bertz CT molecular complexity index is 943. The lowest BCUT2D eigenvalue weighted by molar-refractivity contribution is -0.917. The second-order valence-corrected chi connectivity index (χ2v) is 6.53. The van der Waals surface area contributed by atoms with E-state index in [1.54, 1.807) is 42.5 Å². The van der Waals surface area contributed by atoms with Gasteiger partial charge in [0, 0.05) is 16.7 Å². The quantitative estimate of drug-likeness (QED) is 0.464. The van der Waals surface area contributed by atoms with Crippen LogP contribution in [0.25, 0.3) is 0 Å². The molecule has 6 heteroatoms. The monoisotopic (exact) mass is 377 g/mol. The van der Waals surface area contributed by atoms with Gasteiger partial charge in [0.1, 0.15) is 18.8 Å². The standard InChI is InChI=1S/C22H20N2O4/c25-20-13-11-18(12-14-20)16-24(22(27)28,15-17-7-3-1-4-8-17)23-21(26)19-9-5-2-6-10-19/h1-14H,15-16H2,(H2-,23,25,26,27,28)/p+1/t24-/m0/s1. The number of aromatic hydroxyl groups is 1. The van der Waals surface area contributed by atoms with Crippen LogP contribution in [0.3, 0.4) is 0 Å². The van der Waals surface area contributed by atoms with Crippen molar-refractivity contribution >= 4 is 12.0 Å². The lowest BCUT2D eigenvalue weighted by atomic mass is 10.1. The number of nitrogens with one attached hydrogen (secondary N) is 1. The summed E-state index contributed by atoms with van der Waals surface area (Å²) in [6.45, 7) is 0.0820. The number of carbonyl (C=O) groups is 2. The van der Waals surface area contributed by atoms with E-state index in [0.29, 0.717) is 11.1 Å². The molecule has 6 nitrogen and oxygen atoms in total. The Kier molecular flexibility index (Phi) is 5.72. The van der Waals surface area contributed by atoms with Gasteiger partial charge in [0.2, 0.25) is 0 Å². The largest absolute Gasteiger partial charge is 0.539 e. The Morgan fingerprint density at radius 1 is 0.750 bits per heavy atom. The first-order chi connectivity index (χ1) is 13.5. The normalized spacial score (nSPS) is 12.7. The van der Waals surface area contributed by atoms with Crippen molar-refractivity contribution in [3.63, 3.8) is 0 Å². The molecule has 0 radical (unpaired) electrons. The van der Waals surface area contributed by atoms with Crippen LogP contribution in [0.1, 0.15) is 21.5 Å². The zero-order valence-corrected chi connectivity index (χ0v) is 15.2. The van der Waals surface area contributed by atoms with Gasteiger partial charge in [0.25, 0.3) is 5.91 Å². The van der Waals surface area contributed by atoms with Crippen molar-refractivity contribution in [2.45, 2.75) is 13.1 Å². The van der Waals surface area contributed by atoms with Crippen LogP contribution < -0.4 is 5.43 Å². The first-order valence-corrected chi connectivity index (χ1v) is 8.78. The Hall–Kier alpha value is -3.64. The molecule has 0 aromatic heterocycles. The fourth-order valence-electron chi connectivity index (χ4n) is 2.97. The van der Waals surface area contributed by atoms with Crippen molar-refractivity contribution in [3.8, 4) is 5.75 Å². The fourth-order valence-corrected chi connectivity index (χ4v) is 2.97. The zero-order chi connectivity index (χ0) is 20.0. The van der Waals surface area contributed by atoms with E-state index in [0.717, 1.165) is 5.56 Å². The molecule has 1 atom stereocenters. The average Bonchev–Trinajstić information content (AvgIpc) is 2.71. The SMILES string of the molecule is O=C(N[N@@+](Cc1ccccc1)(Cc1ccc(O)cc1)C(=O)O)c1ccccc1. The van der Waals surface area contributed by atoms with Crippen molar-refractivity contribution in [3.05, 3.63) is 102 Å². The molecule has 2 amide bonds. The average molecular weight is 377 g/mol. The summed E-state index contributed by atoms with van der Waals surface area (Å²) in [5, 5.41) is 19.6. The van der Waals surface area contributed by atoms with Gasteiger partial charge in [-0.3, -0.25) is 4.79 Å². The molecule has 0 bridgehead atoms. The summed E-state index contributed by atoms with van der Waals surface area (Å²) >= 11 is 0. The zero-order valence-electron chi connectivity index (χ0n) is 15.2. The van der Waals surface area contributed by atoms with E-state index in [1.165, 1.54) is 12.1 Å². The van der Waals surface area contributed by atoms with Crippen molar-refractivity contribution in [2.24, 2.45) is 0 Å². The van der Waals surface area contributed by atoms with Gasteiger partial charge in [-0.2, -0.15) is 10.2 Å². The predicted octanol–water partition coefficient (Wildman–Crippen LogP) is 3.93. The Labute approximate surface area is 162 Å². The lowest BCUT2D eigenvalue weighted by Gasteiger charge is -2.32. The molecular formula is C22H21N2O4+. The maximum absolute atomic E-state index is 12.8. The highest BCUT2D eigenvalue weighted by Crippen LogP contribution is 2.20. The summed E-state index contributed by atoms with van der Waals surface area (Å²) < 4.78 is -0.706. The van der Waals surface area contributed by atoms with E-state index in [9.17, 15) is 19.8 Å². The van der Waals surface area contributed by atoms with Crippen LogP contribution >= 0.6 is 0 Å². The molecule has 0 aliphatic heterocycles. The smallest absolute Gasteiger partial charge is 0.508 e. The molecule has 3 rings (SSSR count). The van der Waals surface area contributed by atoms with E-state index in [4.69, 9.17) is 0 Å². The van der Waals surface area contributed by atoms with Crippen LogP contribution in [0.2, 0.25) is 0 Å². The third kappa shape index (κ3) is 4.55. The summed E-state index contributed by atoms with van der Waals surface area (Å²) in [6, 6.07) is 23.9. The minimum absolute atomic E-state index is 0.0169. The summed E-state index contributed by atoms with van der Waals surface area (Å²) in [5.74, 6) is -0.383. The third-order valence-electron chi connectivity index (χ3n) is 4.40. The van der Waals surface area contributed by atoms with Gasteiger partial charge in [0.15, 0.2) is 0 Å². The fraction of sp³-hybridized carbons (Fsp3) is 0.0909. The molecule has 3 aromatic rings. The minimum atomic E-state index is -1.18. The van der Waals surface area contributed by atoms with E-state index in [1.807, 2.05) is 30.3 Å². The number of phenolic OH excluding ortho intramolecular Hbond substituents is 1. The number of quaternary nitrogens is 1. The highest BCUT2D eigenvalue weighted by Gasteiger charge is 2.40. The first kappa shape index (κ1) is 19.1. The van der Waals surface area contributed by atoms with Crippen molar-refractivity contribution in [1.29, 1.82) is 0 Å². The van der Waals surface area contributed by atoms with E-state index < -0.39 is 16.6 Å². The topological polar surface area (TPSA) is 86.6 Å². The van der Waals surface area contributed by atoms with Crippen LogP contribution in [0.4, 0.5) is 4.79 Å². The van der Waals surface area contributed by atoms with Crippen LogP contribution in [0, 0.1) is 0 Å². The summed E-state index contributed by atoms with van der Waals surface area (Å²) in [6.07, 6.45) is -1.18. The number of rotatable bonds is 5. The molecule has 0 unspecified atom stereocenters. The Balaban J connectivity index is 1.97. The van der Waals surface area contributed by atoms with Crippen molar-refractivity contribution < 1.29 is 24.4 Å². The molecule has 0 aliphatic rings. The van der Waals surface area contributed by atoms with Crippen LogP contribution in [0.15, 0.2) is 84.9 Å². The van der Waals surface area contributed by atoms with Crippen LogP contribution in [0.5, 0.6) is 5.75 Å². The molecule has 0 heterocycles. The van der Waals surface area contributed by atoms with Crippen molar-refractivity contribution in [1.82, 2.24) is 5.43 Å². The number of carbonyl (C=O) groups excluding carboxylic acids is 1. The molecule has 142 valence electrons. The predicted molar refractivity (Wildman–Crippen MR) is 104 cm³/mol. The van der Waals surface area contributed by atoms with Gasteiger partial charge in [-0.1, -0.05) is 48.5 Å². The molecule has 0 aliphatic carbocycles. The molecular weight excluding hydrogens is 356 g/mol. The number of hydrogen-bond donors (Lipinski definition) is 3. The van der Waals surface area contributed by atoms with Gasteiger partial charge in [0.05, 0.1) is 0 Å². The first-order valence-electron chi connectivity index (χ1n) is 8.78. The molecule has 3 aromatic carbocycles. The Morgan fingerprint density at radius 2 is 1.25 bits per heavy atom. The number of benzene rings is 3. The number of phenols is 1. The molecule has 0 saturated carbocycles. The van der Waals surface area contributed by atoms with Crippen LogP contribution in [-0.4, -0.2) is 26.8 Å². The third-order valence-corrected chi connectivity index (χ3v) is 4.40. The number of amides is 2. The minimum Gasteiger partial charge on any atom is -0.508 e. The second kappa shape index (κ2) is 8.37. The maximum Gasteiger partial charge on any atom is 0.539 e. The van der Waals surface area contributed by atoms with Gasteiger partial charge in [-0.25, -0.2) is 0 Å². The highest BCUT2D eigenvalue weighted by molar-refractivity contribution is 5.93. The van der Waals surface area contributed by atoms with E-state index in [-0.39, 0.29) is 18.8 Å². The molecule has 0 fully saturated rings. The number of carboxylic acid groups (broad SMARTS) is 1. The van der Waals surface area contributed by atoms with Crippen molar-refractivity contribution in [2.75, 3.05) is 0 Å². The highest BCUT2D eigenvalue weighted by atomic mass is 16.4. The summed E-state index contributed by atoms with van der Waals surface area (Å²) in [4.78, 5) is 25.1. The number of nitrogens with zero attached hydrogens (tertiary/aromatic N) is 1. The second-order valence-electron chi connectivity index (χ2n) is 6.53. The molecule has 28 heavy (non-hydrogen) atoms. The molecule has 3 N–H and O–H groups in total. The van der Waals surface area contributed by atoms with Gasteiger partial charge in [-0.15, -0.1) is 4.59 Å². The summed E-state index contributed by atoms with van der Waals surface area (Å²) in [5.41, 5.74) is 4.52. The van der Waals surface area contributed by atoms with Gasteiger partial charge in [-0.05, 0) is 36.4 Å². The van der Waals surface area contributed by atoms with E-state index in [2.05, 4.69) is 5.43 Å². The van der Waals surface area contributed by atoms with Gasteiger partial charge >= 0.3 is 6.09 Å². The van der Waals surface area contributed by atoms with Gasteiger partial charge < -0.3 is 10.2 Å².